The van der Waals surface area contributed by atoms with Gasteiger partial charge in [-0.1, -0.05) is 6.07 Å². The van der Waals surface area contributed by atoms with E-state index in [4.69, 9.17) is 18.9 Å². The van der Waals surface area contributed by atoms with Crippen molar-refractivity contribution in [2.75, 3.05) is 33.3 Å². The van der Waals surface area contributed by atoms with Crippen LogP contribution in [0.4, 0.5) is 5.69 Å². The first-order valence-electron chi connectivity index (χ1n) is 10.7. The lowest BCUT2D eigenvalue weighted by Gasteiger charge is -2.38. The molecular formula is C26H25NO8. The summed E-state index contributed by atoms with van der Waals surface area (Å²) in [5.74, 6) is 0.0338. The van der Waals surface area contributed by atoms with E-state index in [1.54, 1.807) is 18.2 Å². The molecule has 1 unspecified atom stereocenters. The van der Waals surface area contributed by atoms with E-state index in [0.717, 1.165) is 11.1 Å². The molecule has 3 aromatic carbocycles. The lowest BCUT2D eigenvalue weighted by atomic mass is 9.86. The molecule has 0 bridgehead atoms. The standard InChI is InChI=1S/C26H25NO8/c1-32-20-8-5-14(9-21(20)33-2)25-17-13-23(35-4)22(34-3)10-15(17)11-24(29)27(25)16-6-7-19(28)18(12-16)26(30)31/h5-10,12-13,25,28H,11H2,1-4H3,(H,30,31). The Morgan fingerprint density at radius 2 is 1.49 bits per heavy atom. The summed E-state index contributed by atoms with van der Waals surface area (Å²) in [7, 11) is 6.11. The minimum Gasteiger partial charge on any atom is -0.507 e. The SMILES string of the molecule is COc1ccc(C2c3cc(OC)c(OC)cc3CC(=O)N2c2ccc(O)c(C(=O)O)c2)cc1OC. The number of methoxy groups -OCH3 is 4. The van der Waals surface area contributed by atoms with Crippen LogP contribution in [0, 0.1) is 0 Å². The van der Waals surface area contributed by atoms with Crippen LogP contribution in [-0.4, -0.2) is 50.5 Å². The Bertz CT molecular complexity index is 1300. The number of carbonyl (C=O) groups is 2. The third-order valence-corrected chi connectivity index (χ3v) is 6.02. The molecule has 0 saturated carbocycles. The molecule has 0 radical (unpaired) electrons. The Kier molecular flexibility index (Phi) is 6.42. The van der Waals surface area contributed by atoms with Crippen molar-refractivity contribution in [2.45, 2.75) is 12.5 Å². The highest BCUT2D eigenvalue weighted by atomic mass is 16.5. The average molecular weight is 479 g/mol. The van der Waals surface area contributed by atoms with Gasteiger partial charge in [0, 0.05) is 5.69 Å². The summed E-state index contributed by atoms with van der Waals surface area (Å²) in [5, 5.41) is 19.5. The quantitative estimate of drug-likeness (QED) is 0.526. The van der Waals surface area contributed by atoms with Gasteiger partial charge in [0.05, 0.1) is 40.9 Å². The Morgan fingerprint density at radius 1 is 0.857 bits per heavy atom. The molecule has 1 aliphatic rings. The molecule has 0 aliphatic carbocycles. The van der Waals surface area contributed by atoms with E-state index in [9.17, 15) is 19.8 Å². The highest BCUT2D eigenvalue weighted by Gasteiger charge is 2.37. The minimum atomic E-state index is -1.30. The number of anilines is 1. The predicted octanol–water partition coefficient (Wildman–Crippen LogP) is 3.80. The van der Waals surface area contributed by atoms with Crippen LogP contribution in [0.2, 0.25) is 0 Å². The third-order valence-electron chi connectivity index (χ3n) is 6.02. The van der Waals surface area contributed by atoms with Gasteiger partial charge in [-0.15, -0.1) is 0 Å². The van der Waals surface area contributed by atoms with Crippen molar-refractivity contribution >= 4 is 17.6 Å². The highest BCUT2D eigenvalue weighted by Crippen LogP contribution is 2.45. The second kappa shape index (κ2) is 9.46. The van der Waals surface area contributed by atoms with Crippen molar-refractivity contribution in [3.05, 3.63) is 70.8 Å². The van der Waals surface area contributed by atoms with Crippen LogP contribution in [0.25, 0.3) is 0 Å². The normalized spacial score (nSPS) is 14.8. The van der Waals surface area contributed by atoms with Crippen LogP contribution in [-0.2, 0) is 11.2 Å². The third kappa shape index (κ3) is 4.16. The first kappa shape index (κ1) is 23.7. The first-order chi connectivity index (χ1) is 16.8. The summed E-state index contributed by atoms with van der Waals surface area (Å²) in [6, 6.07) is 12.3. The molecule has 0 saturated heterocycles. The Labute approximate surface area is 202 Å². The number of carbonyl (C=O) groups excluding carboxylic acids is 1. The number of ether oxygens (including phenoxy) is 4. The van der Waals surface area contributed by atoms with Crippen molar-refractivity contribution < 1.29 is 38.7 Å². The second-order valence-electron chi connectivity index (χ2n) is 7.87. The van der Waals surface area contributed by atoms with E-state index >= 15 is 0 Å². The van der Waals surface area contributed by atoms with E-state index in [2.05, 4.69) is 0 Å². The van der Waals surface area contributed by atoms with Crippen LogP contribution in [0.3, 0.4) is 0 Å². The molecule has 182 valence electrons. The van der Waals surface area contributed by atoms with Crippen LogP contribution in [0.1, 0.15) is 33.1 Å². The molecule has 1 amide bonds. The van der Waals surface area contributed by atoms with Gasteiger partial charge in [-0.2, -0.15) is 0 Å². The van der Waals surface area contributed by atoms with E-state index in [0.29, 0.717) is 34.2 Å². The number of nitrogens with zero attached hydrogens (tertiary/aromatic N) is 1. The smallest absolute Gasteiger partial charge is 0.339 e. The molecule has 3 aromatic rings. The van der Waals surface area contributed by atoms with E-state index < -0.39 is 12.0 Å². The Hall–Kier alpha value is -4.40. The van der Waals surface area contributed by atoms with Crippen LogP contribution >= 0.6 is 0 Å². The number of amides is 1. The van der Waals surface area contributed by atoms with Crippen molar-refractivity contribution in [3.8, 4) is 28.7 Å². The largest absolute Gasteiger partial charge is 0.507 e. The lowest BCUT2D eigenvalue weighted by Crippen LogP contribution is -2.41. The monoisotopic (exact) mass is 479 g/mol. The summed E-state index contributed by atoms with van der Waals surface area (Å²) in [6.45, 7) is 0. The minimum absolute atomic E-state index is 0.0583. The van der Waals surface area contributed by atoms with Crippen molar-refractivity contribution in [1.82, 2.24) is 0 Å². The molecule has 35 heavy (non-hydrogen) atoms. The van der Waals surface area contributed by atoms with Gasteiger partial charge in [0.1, 0.15) is 11.3 Å². The second-order valence-corrected chi connectivity index (χ2v) is 7.87. The van der Waals surface area contributed by atoms with Crippen LogP contribution < -0.4 is 23.8 Å². The molecule has 1 atom stereocenters. The molecule has 1 aliphatic heterocycles. The fourth-order valence-corrected chi connectivity index (χ4v) is 4.37. The average Bonchev–Trinajstić information content (AvgIpc) is 2.86. The first-order valence-corrected chi connectivity index (χ1v) is 10.7. The van der Waals surface area contributed by atoms with Gasteiger partial charge in [-0.05, 0) is 59.2 Å². The lowest BCUT2D eigenvalue weighted by molar-refractivity contribution is -0.118. The molecule has 9 heteroatoms. The fraction of sp³-hybridized carbons (Fsp3) is 0.231. The molecule has 1 heterocycles. The maximum atomic E-state index is 13.5. The maximum absolute atomic E-state index is 13.5. The van der Waals surface area contributed by atoms with Crippen molar-refractivity contribution in [1.29, 1.82) is 0 Å². The molecular weight excluding hydrogens is 454 g/mol. The van der Waals surface area contributed by atoms with Crippen molar-refractivity contribution in [2.24, 2.45) is 0 Å². The van der Waals surface area contributed by atoms with Gasteiger partial charge in [0.2, 0.25) is 5.91 Å². The zero-order chi connectivity index (χ0) is 25.3. The summed E-state index contributed by atoms with van der Waals surface area (Å²) >= 11 is 0. The number of hydrogen-bond donors (Lipinski definition) is 2. The van der Waals surface area contributed by atoms with Crippen LogP contribution in [0.15, 0.2) is 48.5 Å². The molecule has 4 rings (SSSR count). The highest BCUT2D eigenvalue weighted by molar-refractivity contribution is 6.00. The maximum Gasteiger partial charge on any atom is 0.339 e. The van der Waals surface area contributed by atoms with Crippen molar-refractivity contribution in [3.63, 3.8) is 0 Å². The van der Waals surface area contributed by atoms with E-state index in [-0.39, 0.29) is 23.6 Å². The Balaban J connectivity index is 1.98. The number of aromatic hydroxyl groups is 1. The molecule has 0 aromatic heterocycles. The Morgan fingerprint density at radius 3 is 2.11 bits per heavy atom. The number of rotatable bonds is 7. The number of fused-ring (bicyclic) bond motifs is 1. The molecule has 9 nitrogen and oxygen atoms in total. The van der Waals surface area contributed by atoms with Gasteiger partial charge in [0.15, 0.2) is 23.0 Å². The number of carboxylic acids is 1. The zero-order valence-electron chi connectivity index (χ0n) is 19.7. The molecule has 2 N–H and O–H groups in total. The summed E-state index contributed by atoms with van der Waals surface area (Å²) in [5.41, 5.74) is 2.25. The van der Waals surface area contributed by atoms with Gasteiger partial charge in [0.25, 0.3) is 0 Å². The predicted molar refractivity (Wildman–Crippen MR) is 127 cm³/mol. The summed E-state index contributed by atoms with van der Waals surface area (Å²) < 4.78 is 21.8. The van der Waals surface area contributed by atoms with Crippen LogP contribution in [0.5, 0.6) is 28.7 Å². The number of phenols is 1. The fourth-order valence-electron chi connectivity index (χ4n) is 4.37. The zero-order valence-corrected chi connectivity index (χ0v) is 19.7. The summed E-state index contributed by atoms with van der Waals surface area (Å²) in [4.78, 5) is 26.7. The van der Waals surface area contributed by atoms with Gasteiger partial charge < -0.3 is 34.1 Å². The topological polar surface area (TPSA) is 115 Å². The number of carboxylic acid groups (broad SMARTS) is 1. The van der Waals surface area contributed by atoms with E-state index in [1.165, 1.54) is 51.5 Å². The van der Waals surface area contributed by atoms with Gasteiger partial charge in [-0.3, -0.25) is 4.79 Å². The molecule has 0 fully saturated rings. The summed E-state index contributed by atoms with van der Waals surface area (Å²) in [6.07, 6.45) is 0.0583. The van der Waals surface area contributed by atoms with E-state index in [1.807, 2.05) is 12.1 Å². The number of hydrogen-bond acceptors (Lipinski definition) is 7. The van der Waals surface area contributed by atoms with Gasteiger partial charge in [-0.25, -0.2) is 4.79 Å². The molecule has 0 spiro atoms. The van der Waals surface area contributed by atoms with Gasteiger partial charge >= 0.3 is 5.97 Å². The number of aromatic carboxylic acids is 1. The number of benzene rings is 3.